The lowest BCUT2D eigenvalue weighted by molar-refractivity contribution is 0.153. The molecule has 5 nitrogen and oxygen atoms in total. The molecular formula is C12H15N3O2. The summed E-state index contributed by atoms with van der Waals surface area (Å²) in [5.74, 6) is 0.639. The minimum atomic E-state index is -0.171. The molecule has 0 amide bonds. The van der Waals surface area contributed by atoms with Gasteiger partial charge in [-0.3, -0.25) is 4.98 Å². The van der Waals surface area contributed by atoms with E-state index in [1.165, 1.54) is 0 Å². The summed E-state index contributed by atoms with van der Waals surface area (Å²) in [6.45, 7) is 0.410. The Morgan fingerprint density at radius 2 is 2.12 bits per heavy atom. The quantitative estimate of drug-likeness (QED) is 0.808. The molecule has 1 heterocycles. The van der Waals surface area contributed by atoms with E-state index in [1.807, 2.05) is 24.3 Å². The van der Waals surface area contributed by atoms with Crippen LogP contribution in [0.2, 0.25) is 0 Å². The lowest BCUT2D eigenvalue weighted by atomic mass is 10.3. The molecule has 1 aromatic carbocycles. The molecule has 5 heteroatoms. The molecule has 0 spiro atoms. The molecule has 0 bridgehead atoms. The van der Waals surface area contributed by atoms with Crippen molar-refractivity contribution in [3.8, 4) is 0 Å². The Morgan fingerprint density at radius 1 is 1.35 bits per heavy atom. The Balaban J connectivity index is 2.18. The van der Waals surface area contributed by atoms with Crippen molar-refractivity contribution in [1.29, 1.82) is 0 Å². The molecule has 1 unspecified atom stereocenters. The highest BCUT2D eigenvalue weighted by molar-refractivity contribution is 5.75. The molecule has 0 saturated heterocycles. The molecule has 0 radical (unpaired) electrons. The Labute approximate surface area is 99.5 Å². The van der Waals surface area contributed by atoms with E-state index in [1.54, 1.807) is 13.3 Å². The maximum absolute atomic E-state index is 9.14. The van der Waals surface area contributed by atoms with Crippen molar-refractivity contribution in [1.82, 2.24) is 9.97 Å². The van der Waals surface area contributed by atoms with E-state index in [2.05, 4.69) is 15.3 Å². The second kappa shape index (κ2) is 5.56. The zero-order valence-corrected chi connectivity index (χ0v) is 9.63. The minimum absolute atomic E-state index is 0.0116. The van der Waals surface area contributed by atoms with Gasteiger partial charge in [0.25, 0.3) is 0 Å². The monoisotopic (exact) mass is 233 g/mol. The number of ether oxygens (including phenoxy) is 1. The van der Waals surface area contributed by atoms with Gasteiger partial charge in [0.2, 0.25) is 0 Å². The highest BCUT2D eigenvalue weighted by atomic mass is 16.5. The molecule has 2 rings (SSSR count). The molecule has 0 aliphatic rings. The normalized spacial score (nSPS) is 12.6. The number of nitrogens with one attached hydrogen (secondary N) is 1. The van der Waals surface area contributed by atoms with Crippen molar-refractivity contribution in [2.24, 2.45) is 0 Å². The maximum Gasteiger partial charge on any atom is 0.145 e. The molecule has 1 atom stereocenters. The van der Waals surface area contributed by atoms with Gasteiger partial charge in [0, 0.05) is 7.11 Å². The fourth-order valence-corrected chi connectivity index (χ4v) is 1.58. The minimum Gasteiger partial charge on any atom is -0.394 e. The van der Waals surface area contributed by atoms with E-state index >= 15 is 0 Å². The number of hydrogen-bond donors (Lipinski definition) is 2. The molecule has 2 N–H and O–H groups in total. The van der Waals surface area contributed by atoms with Crippen LogP contribution in [0.15, 0.2) is 30.5 Å². The molecule has 2 aromatic rings. The van der Waals surface area contributed by atoms with E-state index in [-0.39, 0.29) is 12.6 Å². The van der Waals surface area contributed by atoms with Crippen molar-refractivity contribution in [3.05, 3.63) is 30.5 Å². The molecule has 90 valence electrons. The predicted octanol–water partition coefficient (Wildman–Crippen LogP) is 1.05. The van der Waals surface area contributed by atoms with Crippen molar-refractivity contribution in [2.45, 2.75) is 6.04 Å². The number of hydrogen-bond acceptors (Lipinski definition) is 5. The summed E-state index contributed by atoms with van der Waals surface area (Å²) in [6, 6.07) is 7.48. The molecular weight excluding hydrogens is 218 g/mol. The van der Waals surface area contributed by atoms with Gasteiger partial charge in [-0.1, -0.05) is 12.1 Å². The zero-order valence-electron chi connectivity index (χ0n) is 9.63. The van der Waals surface area contributed by atoms with E-state index in [4.69, 9.17) is 9.84 Å². The lowest BCUT2D eigenvalue weighted by Crippen LogP contribution is -2.29. The van der Waals surface area contributed by atoms with Crippen molar-refractivity contribution >= 4 is 16.9 Å². The van der Waals surface area contributed by atoms with Gasteiger partial charge in [0.1, 0.15) is 5.82 Å². The standard InChI is InChI=1S/C12H15N3O2/c1-17-8-9(7-16)14-12-6-13-10-4-2-3-5-11(10)15-12/h2-6,9,16H,7-8H2,1H3,(H,14,15). The Morgan fingerprint density at radius 3 is 2.82 bits per heavy atom. The lowest BCUT2D eigenvalue weighted by Gasteiger charge is -2.15. The van der Waals surface area contributed by atoms with Crippen LogP contribution in [0, 0.1) is 0 Å². The van der Waals surface area contributed by atoms with Crippen LogP contribution in [0.5, 0.6) is 0 Å². The second-order valence-corrected chi connectivity index (χ2v) is 3.72. The predicted molar refractivity (Wildman–Crippen MR) is 65.9 cm³/mol. The van der Waals surface area contributed by atoms with E-state index in [9.17, 15) is 0 Å². The van der Waals surface area contributed by atoms with Crippen LogP contribution in [0.4, 0.5) is 5.82 Å². The third-order valence-corrected chi connectivity index (χ3v) is 2.39. The largest absolute Gasteiger partial charge is 0.394 e. The highest BCUT2D eigenvalue weighted by Crippen LogP contribution is 2.11. The zero-order chi connectivity index (χ0) is 12.1. The van der Waals surface area contributed by atoms with Crippen LogP contribution in [0.1, 0.15) is 0 Å². The van der Waals surface area contributed by atoms with E-state index in [0.29, 0.717) is 12.4 Å². The third-order valence-electron chi connectivity index (χ3n) is 2.39. The molecule has 0 saturated carbocycles. The Kier molecular flexibility index (Phi) is 3.85. The Hall–Kier alpha value is -1.72. The van der Waals surface area contributed by atoms with Crippen LogP contribution in [-0.2, 0) is 4.74 Å². The average Bonchev–Trinajstić information content (AvgIpc) is 2.38. The van der Waals surface area contributed by atoms with Gasteiger partial charge in [-0.2, -0.15) is 0 Å². The first-order valence-corrected chi connectivity index (χ1v) is 5.41. The number of nitrogens with zero attached hydrogens (tertiary/aromatic N) is 2. The summed E-state index contributed by atoms with van der Waals surface area (Å²) in [4.78, 5) is 8.69. The van der Waals surface area contributed by atoms with Crippen LogP contribution in [0.25, 0.3) is 11.0 Å². The first-order chi connectivity index (χ1) is 8.33. The number of anilines is 1. The number of aliphatic hydroxyl groups excluding tert-OH is 1. The van der Waals surface area contributed by atoms with Crippen LogP contribution < -0.4 is 5.32 Å². The summed E-state index contributed by atoms with van der Waals surface area (Å²) in [7, 11) is 1.59. The number of fused-ring (bicyclic) bond motifs is 1. The smallest absolute Gasteiger partial charge is 0.145 e. The number of methoxy groups -OCH3 is 1. The highest BCUT2D eigenvalue weighted by Gasteiger charge is 2.07. The van der Waals surface area contributed by atoms with Crippen molar-refractivity contribution in [2.75, 3.05) is 25.6 Å². The second-order valence-electron chi connectivity index (χ2n) is 3.72. The summed E-state index contributed by atoms with van der Waals surface area (Å²) in [5.41, 5.74) is 1.68. The third kappa shape index (κ3) is 2.89. The first-order valence-electron chi connectivity index (χ1n) is 5.41. The van der Waals surface area contributed by atoms with Crippen LogP contribution >= 0.6 is 0 Å². The van der Waals surface area contributed by atoms with Gasteiger partial charge in [0.15, 0.2) is 0 Å². The fraction of sp³-hybridized carbons (Fsp3) is 0.333. The maximum atomic E-state index is 9.14. The molecule has 0 aliphatic heterocycles. The van der Waals surface area contributed by atoms with Crippen LogP contribution in [-0.4, -0.2) is 41.4 Å². The molecule has 1 aromatic heterocycles. The van der Waals surface area contributed by atoms with Gasteiger partial charge in [-0.25, -0.2) is 4.98 Å². The molecule has 17 heavy (non-hydrogen) atoms. The van der Waals surface area contributed by atoms with E-state index in [0.717, 1.165) is 11.0 Å². The summed E-state index contributed by atoms with van der Waals surface area (Å²) in [5, 5.41) is 12.2. The number of rotatable bonds is 5. The fourth-order valence-electron chi connectivity index (χ4n) is 1.58. The summed E-state index contributed by atoms with van der Waals surface area (Å²) >= 11 is 0. The summed E-state index contributed by atoms with van der Waals surface area (Å²) < 4.78 is 4.98. The van der Waals surface area contributed by atoms with E-state index < -0.39 is 0 Å². The number of para-hydroxylation sites is 2. The van der Waals surface area contributed by atoms with Gasteiger partial charge in [0.05, 0.1) is 36.5 Å². The molecule has 0 aliphatic carbocycles. The number of aliphatic hydroxyl groups is 1. The number of aromatic nitrogens is 2. The molecule has 0 fully saturated rings. The van der Waals surface area contributed by atoms with Crippen molar-refractivity contribution in [3.63, 3.8) is 0 Å². The van der Waals surface area contributed by atoms with Crippen LogP contribution in [0.3, 0.4) is 0 Å². The van der Waals surface area contributed by atoms with Gasteiger partial charge in [-0.15, -0.1) is 0 Å². The van der Waals surface area contributed by atoms with Gasteiger partial charge in [-0.05, 0) is 12.1 Å². The summed E-state index contributed by atoms with van der Waals surface area (Å²) in [6.07, 6.45) is 1.65. The SMILES string of the molecule is COCC(CO)Nc1cnc2ccccc2n1. The Bertz CT molecular complexity index is 490. The number of benzene rings is 1. The van der Waals surface area contributed by atoms with Crippen molar-refractivity contribution < 1.29 is 9.84 Å². The van der Waals surface area contributed by atoms with Gasteiger partial charge >= 0.3 is 0 Å². The van der Waals surface area contributed by atoms with Gasteiger partial charge < -0.3 is 15.2 Å². The average molecular weight is 233 g/mol. The first kappa shape index (κ1) is 11.8. The topological polar surface area (TPSA) is 67.3 Å².